The topological polar surface area (TPSA) is 25.8 Å². The van der Waals surface area contributed by atoms with Crippen LogP contribution in [-0.4, -0.2) is 9.97 Å². The maximum absolute atomic E-state index is 4.86. The van der Waals surface area contributed by atoms with E-state index in [0.717, 1.165) is 0 Å². The number of thiazole rings is 2. The Hall–Kier alpha value is -0.0400. The van der Waals surface area contributed by atoms with Gasteiger partial charge >= 0.3 is 0 Å². The van der Waals surface area contributed by atoms with Gasteiger partial charge in [0.25, 0.3) is 0 Å². The number of rotatable bonds is 3. The van der Waals surface area contributed by atoms with Crippen molar-refractivity contribution in [3.8, 4) is 0 Å². The van der Waals surface area contributed by atoms with Crippen molar-refractivity contribution in [1.82, 2.24) is 9.97 Å². The van der Waals surface area contributed by atoms with Crippen molar-refractivity contribution in [2.45, 2.75) is 72.9 Å². The summed E-state index contributed by atoms with van der Waals surface area (Å²) in [5.41, 5.74) is 2.75. The quantitative estimate of drug-likeness (QED) is 0.495. The molecule has 118 valence electrons. The molecule has 2 heterocycles. The highest BCUT2D eigenvalue weighted by Crippen LogP contribution is 2.43. The summed E-state index contributed by atoms with van der Waals surface area (Å²) in [6.45, 7) is 0. The Balaban J connectivity index is 1.42. The van der Waals surface area contributed by atoms with Gasteiger partial charge in [-0.15, -0.1) is 22.7 Å². The number of nitrogens with zero attached hydrogens (tertiary/aromatic N) is 2. The summed E-state index contributed by atoms with van der Waals surface area (Å²) in [5, 5.41) is 0. The third-order valence-electron chi connectivity index (χ3n) is 4.34. The summed E-state index contributed by atoms with van der Waals surface area (Å²) in [4.78, 5) is 12.8. The summed E-state index contributed by atoms with van der Waals surface area (Å²) in [6, 6.07) is 0. The molecule has 0 atom stereocenters. The lowest BCUT2D eigenvalue weighted by molar-refractivity contribution is 0.707. The molecule has 0 radical (unpaired) electrons. The van der Waals surface area contributed by atoms with E-state index in [4.69, 9.17) is 9.97 Å². The van der Waals surface area contributed by atoms with Crippen molar-refractivity contribution in [3.05, 3.63) is 21.1 Å². The summed E-state index contributed by atoms with van der Waals surface area (Å²) in [6.07, 6.45) is 12.9. The van der Waals surface area contributed by atoms with E-state index in [1.54, 1.807) is 0 Å². The van der Waals surface area contributed by atoms with Gasteiger partial charge in [0.05, 0.1) is 11.4 Å². The van der Waals surface area contributed by atoms with Crippen LogP contribution in [0.1, 0.15) is 59.7 Å². The first kappa shape index (κ1) is 15.5. The lowest BCUT2D eigenvalue weighted by atomic mass is 10.2. The molecule has 6 heteroatoms. The average molecular weight is 369 g/mol. The van der Waals surface area contributed by atoms with Gasteiger partial charge in [0, 0.05) is 9.75 Å². The van der Waals surface area contributed by atoms with E-state index in [1.165, 1.54) is 94.0 Å². The van der Waals surface area contributed by atoms with Crippen LogP contribution in [0, 0.1) is 0 Å². The number of hydrogen-bond donors (Lipinski definition) is 0. The maximum atomic E-state index is 4.86. The van der Waals surface area contributed by atoms with Gasteiger partial charge in [0.15, 0.2) is 8.68 Å². The molecule has 0 fully saturated rings. The summed E-state index contributed by atoms with van der Waals surface area (Å²) in [5.74, 6) is 0. The molecule has 0 spiro atoms. The molecule has 0 bridgehead atoms. The normalized spacial score (nSPS) is 18.4. The van der Waals surface area contributed by atoms with Gasteiger partial charge < -0.3 is 0 Å². The molecule has 2 aliphatic rings. The van der Waals surface area contributed by atoms with E-state index in [9.17, 15) is 0 Å². The SMILES string of the molecule is C1CCc2nc(SSc3nc4c(s3)CCCCC4)sc2CC1. The lowest BCUT2D eigenvalue weighted by Crippen LogP contribution is -1.85. The molecule has 22 heavy (non-hydrogen) atoms. The summed E-state index contributed by atoms with van der Waals surface area (Å²) >= 11 is 3.83. The second-order valence-corrected chi connectivity index (χ2v) is 10.8. The highest BCUT2D eigenvalue weighted by atomic mass is 33.1. The molecule has 4 rings (SSSR count). The first-order valence-electron chi connectivity index (χ1n) is 8.20. The number of hydrogen-bond acceptors (Lipinski definition) is 6. The Kier molecular flexibility index (Phi) is 5.10. The number of aromatic nitrogens is 2. The Bertz CT molecular complexity index is 543. The molecule has 0 saturated carbocycles. The molecule has 2 aromatic heterocycles. The van der Waals surface area contributed by atoms with Crippen LogP contribution in [0.25, 0.3) is 0 Å². The molecule has 2 nitrogen and oxygen atoms in total. The zero-order valence-corrected chi connectivity index (χ0v) is 15.9. The largest absolute Gasteiger partial charge is 0.234 e. The molecule has 2 aliphatic carbocycles. The fraction of sp³-hybridized carbons (Fsp3) is 0.625. The van der Waals surface area contributed by atoms with E-state index >= 15 is 0 Å². The second kappa shape index (κ2) is 7.24. The molecular formula is C16H20N2S4. The standard InChI is InChI=1S/C16H20N2S4/c1-3-7-11-13(9-5-1)19-15(17-11)21-22-16-18-12-8-4-2-6-10-14(12)20-16/h1-10H2. The molecule has 0 aromatic carbocycles. The minimum absolute atomic E-state index is 1.18. The van der Waals surface area contributed by atoms with E-state index in [2.05, 4.69) is 0 Å². The van der Waals surface area contributed by atoms with Crippen molar-refractivity contribution in [2.24, 2.45) is 0 Å². The van der Waals surface area contributed by atoms with Crippen LogP contribution < -0.4 is 0 Å². The van der Waals surface area contributed by atoms with Gasteiger partial charge in [-0.2, -0.15) is 0 Å². The van der Waals surface area contributed by atoms with Gasteiger partial charge in [-0.25, -0.2) is 9.97 Å². The van der Waals surface area contributed by atoms with Gasteiger partial charge in [-0.3, -0.25) is 0 Å². The van der Waals surface area contributed by atoms with Crippen LogP contribution in [0.2, 0.25) is 0 Å². The molecule has 0 unspecified atom stereocenters. The molecule has 0 amide bonds. The molecule has 0 N–H and O–H groups in total. The van der Waals surface area contributed by atoms with E-state index in [0.29, 0.717) is 0 Å². The maximum Gasteiger partial charge on any atom is 0.161 e. The zero-order chi connectivity index (χ0) is 14.8. The minimum atomic E-state index is 1.18. The van der Waals surface area contributed by atoms with E-state index in [-0.39, 0.29) is 0 Å². The third kappa shape index (κ3) is 3.55. The van der Waals surface area contributed by atoms with Crippen molar-refractivity contribution < 1.29 is 0 Å². The van der Waals surface area contributed by atoms with Crippen molar-refractivity contribution >= 4 is 44.3 Å². The fourth-order valence-corrected chi connectivity index (χ4v) is 8.10. The first-order valence-corrected chi connectivity index (χ1v) is 12.0. The van der Waals surface area contributed by atoms with Crippen LogP contribution in [0.4, 0.5) is 0 Å². The van der Waals surface area contributed by atoms with Gasteiger partial charge in [-0.05, 0) is 73.0 Å². The smallest absolute Gasteiger partial charge is 0.161 e. The monoisotopic (exact) mass is 368 g/mol. The Morgan fingerprint density at radius 3 is 1.55 bits per heavy atom. The average Bonchev–Trinajstić information content (AvgIpc) is 2.94. The lowest BCUT2D eigenvalue weighted by Gasteiger charge is -1.94. The van der Waals surface area contributed by atoms with Crippen molar-refractivity contribution in [2.75, 3.05) is 0 Å². The van der Waals surface area contributed by atoms with Crippen LogP contribution >= 0.6 is 44.3 Å². The minimum Gasteiger partial charge on any atom is -0.234 e. The first-order chi connectivity index (χ1) is 10.9. The highest BCUT2D eigenvalue weighted by molar-refractivity contribution is 8.77. The fourth-order valence-electron chi connectivity index (χ4n) is 3.15. The molecule has 2 aromatic rings. The van der Waals surface area contributed by atoms with Crippen LogP contribution in [0.3, 0.4) is 0 Å². The summed E-state index contributed by atoms with van der Waals surface area (Å²) in [7, 11) is 3.63. The second-order valence-electron chi connectivity index (χ2n) is 5.99. The van der Waals surface area contributed by atoms with Gasteiger partial charge in [0.2, 0.25) is 0 Å². The number of aryl methyl sites for hydroxylation is 4. The third-order valence-corrected chi connectivity index (χ3v) is 9.62. The highest BCUT2D eigenvalue weighted by Gasteiger charge is 2.17. The molecular weight excluding hydrogens is 348 g/mol. The summed E-state index contributed by atoms with van der Waals surface area (Å²) < 4.78 is 2.45. The van der Waals surface area contributed by atoms with Crippen LogP contribution in [0.5, 0.6) is 0 Å². The predicted molar refractivity (Wildman–Crippen MR) is 98.5 cm³/mol. The van der Waals surface area contributed by atoms with Gasteiger partial charge in [0.1, 0.15) is 0 Å². The molecule has 0 saturated heterocycles. The van der Waals surface area contributed by atoms with Crippen LogP contribution in [-0.2, 0) is 25.7 Å². The number of fused-ring (bicyclic) bond motifs is 2. The zero-order valence-electron chi connectivity index (χ0n) is 12.6. The van der Waals surface area contributed by atoms with E-state index < -0.39 is 0 Å². The molecule has 0 aliphatic heterocycles. The van der Waals surface area contributed by atoms with Crippen LogP contribution in [0.15, 0.2) is 8.68 Å². The Labute approximate surface area is 147 Å². The van der Waals surface area contributed by atoms with Crippen molar-refractivity contribution in [1.29, 1.82) is 0 Å². The van der Waals surface area contributed by atoms with E-state index in [1.807, 2.05) is 44.3 Å². The predicted octanol–water partition coefficient (Wildman–Crippen LogP) is 5.94. The Morgan fingerprint density at radius 1 is 0.591 bits per heavy atom. The Morgan fingerprint density at radius 2 is 1.05 bits per heavy atom. The van der Waals surface area contributed by atoms with Crippen molar-refractivity contribution in [3.63, 3.8) is 0 Å². The van der Waals surface area contributed by atoms with Gasteiger partial charge in [-0.1, -0.05) is 12.8 Å².